The molecule has 0 N–H and O–H groups in total. The van der Waals surface area contributed by atoms with Gasteiger partial charge in [-0.05, 0) is 42.7 Å². The predicted octanol–water partition coefficient (Wildman–Crippen LogP) is 3.88. The summed E-state index contributed by atoms with van der Waals surface area (Å²) >= 11 is 0. The van der Waals surface area contributed by atoms with Gasteiger partial charge in [-0.15, -0.1) is 0 Å². The molecular weight excluding hydrogens is 314 g/mol. The molecule has 2 aromatic rings. The molecule has 1 saturated heterocycles. The predicted molar refractivity (Wildman–Crippen MR) is 96.7 cm³/mol. The lowest BCUT2D eigenvalue weighted by molar-refractivity contribution is 0.0599. The minimum absolute atomic E-state index is 0.0271. The van der Waals surface area contributed by atoms with Crippen LogP contribution in [0.2, 0.25) is 0 Å². The summed E-state index contributed by atoms with van der Waals surface area (Å²) in [5.74, 6) is 0.0131. The first-order valence-corrected chi connectivity index (χ1v) is 8.71. The maximum atomic E-state index is 12.9. The minimum Gasteiger partial charge on any atom is -0.465 e. The van der Waals surface area contributed by atoms with Crippen molar-refractivity contribution in [3.63, 3.8) is 0 Å². The second-order valence-electron chi connectivity index (χ2n) is 6.42. The largest absolute Gasteiger partial charge is 0.465 e. The van der Waals surface area contributed by atoms with E-state index in [1.807, 2.05) is 11.0 Å². The number of methoxy groups -OCH3 is 1. The first-order valence-electron chi connectivity index (χ1n) is 8.71. The Morgan fingerprint density at radius 2 is 1.64 bits per heavy atom. The number of carbonyl (C=O) groups excluding carboxylic acids is 2. The van der Waals surface area contributed by atoms with Crippen molar-refractivity contribution in [2.45, 2.75) is 25.2 Å². The average molecular weight is 337 g/mol. The molecule has 0 aromatic heterocycles. The smallest absolute Gasteiger partial charge is 0.337 e. The highest BCUT2D eigenvalue weighted by Gasteiger charge is 2.24. The topological polar surface area (TPSA) is 46.6 Å². The van der Waals surface area contributed by atoms with E-state index in [1.165, 1.54) is 12.7 Å². The monoisotopic (exact) mass is 337 g/mol. The van der Waals surface area contributed by atoms with Crippen molar-refractivity contribution >= 4 is 11.9 Å². The average Bonchev–Trinajstić information content (AvgIpc) is 2.94. The van der Waals surface area contributed by atoms with Gasteiger partial charge >= 0.3 is 5.97 Å². The Kier molecular flexibility index (Phi) is 5.49. The van der Waals surface area contributed by atoms with Gasteiger partial charge in [0.15, 0.2) is 0 Å². The second-order valence-corrected chi connectivity index (χ2v) is 6.42. The Bertz CT molecular complexity index is 725. The van der Waals surface area contributed by atoms with Crippen LogP contribution in [-0.2, 0) is 4.74 Å². The van der Waals surface area contributed by atoms with Crippen LogP contribution in [0.5, 0.6) is 0 Å². The molecule has 0 spiro atoms. The molecule has 3 rings (SSSR count). The van der Waals surface area contributed by atoms with E-state index in [9.17, 15) is 9.59 Å². The van der Waals surface area contributed by atoms with Crippen molar-refractivity contribution in [1.29, 1.82) is 0 Å². The summed E-state index contributed by atoms with van der Waals surface area (Å²) in [6, 6.07) is 17.1. The molecule has 2 aromatic carbocycles. The Hall–Kier alpha value is -2.62. The van der Waals surface area contributed by atoms with Crippen molar-refractivity contribution in [3.05, 3.63) is 71.3 Å². The van der Waals surface area contributed by atoms with Gasteiger partial charge in [-0.3, -0.25) is 4.79 Å². The zero-order valence-corrected chi connectivity index (χ0v) is 14.5. The van der Waals surface area contributed by atoms with Crippen LogP contribution in [0.15, 0.2) is 54.6 Å². The molecule has 1 atom stereocenters. The number of amides is 1. The molecule has 1 amide bonds. The summed E-state index contributed by atoms with van der Waals surface area (Å²) in [6.07, 6.45) is 3.26. The summed E-state index contributed by atoms with van der Waals surface area (Å²) < 4.78 is 4.70. The van der Waals surface area contributed by atoms with Gasteiger partial charge in [0.2, 0.25) is 0 Å². The first-order chi connectivity index (χ1) is 12.2. The molecule has 1 unspecified atom stereocenters. The number of benzene rings is 2. The van der Waals surface area contributed by atoms with E-state index in [2.05, 4.69) is 24.3 Å². The molecule has 25 heavy (non-hydrogen) atoms. The highest BCUT2D eigenvalue weighted by molar-refractivity contribution is 5.96. The number of likely N-dealkylation sites (tertiary alicyclic amines) is 1. The third-order valence-electron chi connectivity index (χ3n) is 4.78. The zero-order valence-electron chi connectivity index (χ0n) is 14.5. The fourth-order valence-corrected chi connectivity index (χ4v) is 3.37. The van der Waals surface area contributed by atoms with Crippen molar-refractivity contribution < 1.29 is 14.3 Å². The fourth-order valence-electron chi connectivity index (χ4n) is 3.37. The maximum absolute atomic E-state index is 12.9. The van der Waals surface area contributed by atoms with Crippen molar-refractivity contribution in [3.8, 4) is 0 Å². The molecule has 0 saturated carbocycles. The minimum atomic E-state index is -0.391. The zero-order chi connectivity index (χ0) is 17.6. The van der Waals surface area contributed by atoms with E-state index >= 15 is 0 Å². The summed E-state index contributed by atoms with van der Waals surface area (Å²) in [5.41, 5.74) is 2.36. The SMILES string of the molecule is COC(=O)c1ccc(C(=O)N2CCCCC(c3ccccc3)C2)cc1. The van der Waals surface area contributed by atoms with E-state index in [0.29, 0.717) is 17.0 Å². The van der Waals surface area contributed by atoms with Gasteiger partial charge in [0, 0.05) is 24.6 Å². The van der Waals surface area contributed by atoms with E-state index in [4.69, 9.17) is 4.74 Å². The van der Waals surface area contributed by atoms with E-state index in [1.54, 1.807) is 24.3 Å². The van der Waals surface area contributed by atoms with Crippen LogP contribution < -0.4 is 0 Å². The van der Waals surface area contributed by atoms with E-state index in [0.717, 1.165) is 32.4 Å². The Morgan fingerprint density at radius 3 is 2.32 bits per heavy atom. The summed E-state index contributed by atoms with van der Waals surface area (Å²) in [6.45, 7) is 1.52. The highest BCUT2D eigenvalue weighted by atomic mass is 16.5. The molecule has 1 fully saturated rings. The lowest BCUT2D eigenvalue weighted by atomic mass is 9.94. The molecule has 0 radical (unpaired) electrons. The van der Waals surface area contributed by atoms with Crippen LogP contribution in [0.3, 0.4) is 0 Å². The molecule has 1 aliphatic heterocycles. The highest BCUT2D eigenvalue weighted by Crippen LogP contribution is 2.27. The third-order valence-corrected chi connectivity index (χ3v) is 4.78. The van der Waals surface area contributed by atoms with Crippen molar-refractivity contribution in [2.75, 3.05) is 20.2 Å². The van der Waals surface area contributed by atoms with Gasteiger partial charge in [0.25, 0.3) is 5.91 Å². The molecule has 1 aliphatic rings. The van der Waals surface area contributed by atoms with Crippen LogP contribution in [0, 0.1) is 0 Å². The summed E-state index contributed by atoms with van der Waals surface area (Å²) in [7, 11) is 1.35. The third kappa shape index (κ3) is 4.08. The number of nitrogens with zero attached hydrogens (tertiary/aromatic N) is 1. The number of carbonyl (C=O) groups is 2. The molecule has 0 aliphatic carbocycles. The molecular formula is C21H23NO3. The number of hydrogen-bond donors (Lipinski definition) is 0. The van der Waals surface area contributed by atoms with Crippen LogP contribution in [0.25, 0.3) is 0 Å². The van der Waals surface area contributed by atoms with Gasteiger partial charge in [0.05, 0.1) is 12.7 Å². The van der Waals surface area contributed by atoms with Crippen molar-refractivity contribution in [2.24, 2.45) is 0 Å². The normalized spacial score (nSPS) is 17.6. The van der Waals surface area contributed by atoms with Crippen LogP contribution in [0.4, 0.5) is 0 Å². The number of rotatable bonds is 3. The van der Waals surface area contributed by atoms with Crippen molar-refractivity contribution in [1.82, 2.24) is 4.90 Å². The van der Waals surface area contributed by atoms with Gasteiger partial charge < -0.3 is 9.64 Å². The van der Waals surface area contributed by atoms with Gasteiger partial charge in [-0.1, -0.05) is 36.8 Å². The lowest BCUT2D eigenvalue weighted by Crippen LogP contribution is -2.34. The fraction of sp³-hybridized carbons (Fsp3) is 0.333. The lowest BCUT2D eigenvalue weighted by Gasteiger charge is -2.25. The van der Waals surface area contributed by atoms with E-state index < -0.39 is 5.97 Å². The first kappa shape index (κ1) is 17.2. The van der Waals surface area contributed by atoms with Crippen LogP contribution in [-0.4, -0.2) is 37.0 Å². The number of ether oxygens (including phenoxy) is 1. The maximum Gasteiger partial charge on any atom is 0.337 e. The molecule has 1 heterocycles. The number of esters is 1. The quantitative estimate of drug-likeness (QED) is 0.799. The summed E-state index contributed by atoms with van der Waals surface area (Å²) in [5, 5.41) is 0. The Morgan fingerprint density at radius 1 is 0.960 bits per heavy atom. The van der Waals surface area contributed by atoms with E-state index in [-0.39, 0.29) is 5.91 Å². The van der Waals surface area contributed by atoms with Gasteiger partial charge in [-0.25, -0.2) is 4.79 Å². The molecule has 4 heteroatoms. The van der Waals surface area contributed by atoms with Gasteiger partial charge in [-0.2, -0.15) is 0 Å². The molecule has 4 nitrogen and oxygen atoms in total. The number of hydrogen-bond acceptors (Lipinski definition) is 3. The van der Waals surface area contributed by atoms with Gasteiger partial charge in [0.1, 0.15) is 0 Å². The molecule has 130 valence electrons. The van der Waals surface area contributed by atoms with Crippen LogP contribution >= 0.6 is 0 Å². The standard InChI is InChI=1S/C21H23NO3/c1-25-21(24)18-12-10-17(11-13-18)20(23)22-14-6-5-9-19(15-22)16-7-3-2-4-8-16/h2-4,7-8,10-13,19H,5-6,9,14-15H2,1H3. The second kappa shape index (κ2) is 7.97. The Balaban J connectivity index is 1.75. The molecule has 0 bridgehead atoms. The summed E-state index contributed by atoms with van der Waals surface area (Å²) in [4.78, 5) is 26.4. The van der Waals surface area contributed by atoms with Crippen LogP contribution in [0.1, 0.15) is 51.5 Å². The Labute approximate surface area is 148 Å².